The molecule has 4 nitrogen and oxygen atoms in total. The van der Waals surface area contributed by atoms with Gasteiger partial charge in [-0.3, -0.25) is 9.38 Å². The van der Waals surface area contributed by atoms with Crippen molar-refractivity contribution < 1.29 is 9.13 Å². The number of aromatic nitrogens is 3. The molecule has 3 aromatic rings. The predicted molar refractivity (Wildman–Crippen MR) is 81.2 cm³/mol. The van der Waals surface area contributed by atoms with Crippen LogP contribution in [0.3, 0.4) is 0 Å². The summed E-state index contributed by atoms with van der Waals surface area (Å²) in [6.07, 6.45) is 3.25. The van der Waals surface area contributed by atoms with E-state index in [0.717, 1.165) is 10.3 Å². The number of imidazole rings is 1. The SMILES string of the molecule is Cc1nc2c(OCc3ncccc3F)cc(Cl)cn2c1Br. The van der Waals surface area contributed by atoms with Crippen molar-refractivity contribution in [2.45, 2.75) is 13.5 Å². The first-order valence-corrected chi connectivity index (χ1v) is 7.29. The highest BCUT2D eigenvalue weighted by molar-refractivity contribution is 9.10. The fourth-order valence-corrected chi connectivity index (χ4v) is 2.50. The standard InChI is InChI=1S/C14H10BrClFN3O/c1-8-13(15)20-6-9(16)5-12(14(20)19-8)21-7-11-10(17)3-2-4-18-11/h2-6H,7H2,1H3. The molecule has 3 aromatic heterocycles. The summed E-state index contributed by atoms with van der Waals surface area (Å²) in [7, 11) is 0. The third-order valence-corrected chi connectivity index (χ3v) is 4.12. The molecule has 0 unspecified atom stereocenters. The van der Waals surface area contributed by atoms with Crippen LogP contribution < -0.4 is 4.74 Å². The van der Waals surface area contributed by atoms with Gasteiger partial charge in [-0.25, -0.2) is 9.37 Å². The van der Waals surface area contributed by atoms with E-state index >= 15 is 0 Å². The smallest absolute Gasteiger partial charge is 0.180 e. The van der Waals surface area contributed by atoms with Crippen molar-refractivity contribution >= 4 is 33.2 Å². The molecule has 0 aliphatic rings. The van der Waals surface area contributed by atoms with Crippen molar-refractivity contribution in [1.29, 1.82) is 0 Å². The number of rotatable bonds is 3. The van der Waals surface area contributed by atoms with Crippen molar-refractivity contribution in [3.05, 3.63) is 57.4 Å². The topological polar surface area (TPSA) is 39.4 Å². The minimum atomic E-state index is -0.406. The van der Waals surface area contributed by atoms with E-state index in [2.05, 4.69) is 25.9 Å². The number of pyridine rings is 2. The normalized spacial score (nSPS) is 11.0. The van der Waals surface area contributed by atoms with Gasteiger partial charge in [0.05, 0.1) is 10.7 Å². The van der Waals surface area contributed by atoms with Gasteiger partial charge in [0.1, 0.15) is 22.7 Å². The van der Waals surface area contributed by atoms with Gasteiger partial charge in [-0.1, -0.05) is 11.6 Å². The molecule has 0 saturated carbocycles. The first-order chi connectivity index (χ1) is 10.1. The largest absolute Gasteiger partial charge is 0.483 e. The third kappa shape index (κ3) is 2.73. The first-order valence-electron chi connectivity index (χ1n) is 6.12. The number of hydrogen-bond acceptors (Lipinski definition) is 3. The molecule has 0 spiro atoms. The number of ether oxygens (including phenoxy) is 1. The van der Waals surface area contributed by atoms with E-state index in [9.17, 15) is 4.39 Å². The molecule has 0 atom stereocenters. The zero-order chi connectivity index (χ0) is 15.0. The molecule has 21 heavy (non-hydrogen) atoms. The fraction of sp³-hybridized carbons (Fsp3) is 0.143. The Hall–Kier alpha value is -1.66. The number of nitrogens with zero attached hydrogens (tertiary/aromatic N) is 3. The molecule has 3 rings (SSSR count). The molecule has 3 heterocycles. The van der Waals surface area contributed by atoms with Crippen molar-refractivity contribution in [3.8, 4) is 5.75 Å². The average molecular weight is 371 g/mol. The summed E-state index contributed by atoms with van der Waals surface area (Å²) in [6.45, 7) is 1.87. The van der Waals surface area contributed by atoms with Gasteiger partial charge >= 0.3 is 0 Å². The lowest BCUT2D eigenvalue weighted by atomic mass is 10.3. The summed E-state index contributed by atoms with van der Waals surface area (Å²) < 4.78 is 21.8. The van der Waals surface area contributed by atoms with Gasteiger partial charge in [0.15, 0.2) is 11.4 Å². The number of aryl methyl sites for hydroxylation is 1. The average Bonchev–Trinajstić information content (AvgIpc) is 2.74. The zero-order valence-corrected chi connectivity index (χ0v) is 13.3. The Kier molecular flexibility index (Phi) is 3.82. The summed E-state index contributed by atoms with van der Waals surface area (Å²) in [5.74, 6) is 0.0672. The Bertz CT molecular complexity index is 821. The second kappa shape index (κ2) is 5.61. The van der Waals surface area contributed by atoms with E-state index in [1.807, 2.05) is 6.92 Å². The van der Waals surface area contributed by atoms with Gasteiger partial charge in [-0.15, -0.1) is 0 Å². The molecule has 0 radical (unpaired) electrons. The lowest BCUT2D eigenvalue weighted by Crippen LogP contribution is -2.02. The Morgan fingerprint density at radius 2 is 2.29 bits per heavy atom. The van der Waals surface area contributed by atoms with Crippen LogP contribution in [0.15, 0.2) is 35.2 Å². The highest BCUT2D eigenvalue weighted by atomic mass is 79.9. The van der Waals surface area contributed by atoms with Crippen LogP contribution in [0.2, 0.25) is 5.02 Å². The number of halogens is 3. The van der Waals surface area contributed by atoms with Crippen molar-refractivity contribution in [2.24, 2.45) is 0 Å². The minimum absolute atomic E-state index is 0.00615. The maximum Gasteiger partial charge on any atom is 0.180 e. The molecule has 0 fully saturated rings. The molecular formula is C14H10BrClFN3O. The van der Waals surface area contributed by atoms with Crippen LogP contribution in [0.5, 0.6) is 5.75 Å². The molecule has 7 heteroatoms. The summed E-state index contributed by atoms with van der Waals surface area (Å²) in [5, 5.41) is 0.497. The number of hydrogen-bond donors (Lipinski definition) is 0. The Morgan fingerprint density at radius 3 is 3.05 bits per heavy atom. The van der Waals surface area contributed by atoms with Crippen molar-refractivity contribution in [1.82, 2.24) is 14.4 Å². The highest BCUT2D eigenvalue weighted by Gasteiger charge is 2.13. The van der Waals surface area contributed by atoms with E-state index in [1.165, 1.54) is 18.3 Å². The first kappa shape index (κ1) is 14.3. The van der Waals surface area contributed by atoms with Gasteiger partial charge in [-0.05, 0) is 35.0 Å². The lowest BCUT2D eigenvalue weighted by Gasteiger charge is -2.08. The van der Waals surface area contributed by atoms with Crippen LogP contribution in [0.25, 0.3) is 5.65 Å². The number of fused-ring (bicyclic) bond motifs is 1. The van der Waals surface area contributed by atoms with E-state index in [4.69, 9.17) is 16.3 Å². The lowest BCUT2D eigenvalue weighted by molar-refractivity contribution is 0.296. The molecule has 0 aliphatic carbocycles. The molecular weight excluding hydrogens is 361 g/mol. The monoisotopic (exact) mass is 369 g/mol. The van der Waals surface area contributed by atoms with Gasteiger partial charge in [-0.2, -0.15) is 0 Å². The summed E-state index contributed by atoms with van der Waals surface area (Å²) >= 11 is 9.52. The molecule has 0 saturated heterocycles. The molecule has 0 N–H and O–H groups in total. The van der Waals surface area contributed by atoms with Gasteiger partial charge in [0, 0.05) is 18.5 Å². The van der Waals surface area contributed by atoms with Crippen LogP contribution in [-0.2, 0) is 6.61 Å². The van der Waals surface area contributed by atoms with Crippen LogP contribution in [0.1, 0.15) is 11.4 Å². The van der Waals surface area contributed by atoms with E-state index in [1.54, 1.807) is 16.7 Å². The van der Waals surface area contributed by atoms with E-state index < -0.39 is 5.82 Å². The second-order valence-corrected chi connectivity index (χ2v) is 5.61. The zero-order valence-electron chi connectivity index (χ0n) is 11.0. The summed E-state index contributed by atoms with van der Waals surface area (Å²) in [6, 6.07) is 4.53. The molecule has 0 aliphatic heterocycles. The van der Waals surface area contributed by atoms with Crippen LogP contribution in [0.4, 0.5) is 4.39 Å². The molecule has 0 bridgehead atoms. The van der Waals surface area contributed by atoms with Crippen LogP contribution in [0, 0.1) is 12.7 Å². The van der Waals surface area contributed by atoms with E-state index in [-0.39, 0.29) is 12.3 Å². The van der Waals surface area contributed by atoms with Gasteiger partial charge in [0.25, 0.3) is 0 Å². The quantitative estimate of drug-likeness (QED) is 0.694. The van der Waals surface area contributed by atoms with Gasteiger partial charge < -0.3 is 4.74 Å². The van der Waals surface area contributed by atoms with Crippen LogP contribution >= 0.6 is 27.5 Å². The maximum absolute atomic E-state index is 13.6. The van der Waals surface area contributed by atoms with E-state index in [0.29, 0.717) is 16.4 Å². The van der Waals surface area contributed by atoms with Crippen LogP contribution in [-0.4, -0.2) is 14.4 Å². The third-order valence-electron chi connectivity index (χ3n) is 2.95. The summed E-state index contributed by atoms with van der Waals surface area (Å²) in [4.78, 5) is 8.36. The second-order valence-electron chi connectivity index (χ2n) is 4.42. The fourth-order valence-electron chi connectivity index (χ4n) is 1.95. The Labute approximate surface area is 133 Å². The molecule has 0 aromatic carbocycles. The Balaban J connectivity index is 1.97. The maximum atomic E-state index is 13.6. The predicted octanol–water partition coefficient (Wildman–Crippen LogP) is 4.17. The van der Waals surface area contributed by atoms with Gasteiger partial charge in [0.2, 0.25) is 0 Å². The molecule has 0 amide bonds. The molecule has 108 valence electrons. The Morgan fingerprint density at radius 1 is 1.48 bits per heavy atom. The van der Waals surface area contributed by atoms with Crippen molar-refractivity contribution in [2.75, 3.05) is 0 Å². The highest BCUT2D eigenvalue weighted by Crippen LogP contribution is 2.29. The van der Waals surface area contributed by atoms with Crippen molar-refractivity contribution in [3.63, 3.8) is 0 Å². The summed E-state index contributed by atoms with van der Waals surface area (Å²) in [5.41, 5.74) is 1.66. The minimum Gasteiger partial charge on any atom is -0.483 e.